The van der Waals surface area contributed by atoms with Gasteiger partial charge in [0.05, 0.1) is 7.11 Å². The van der Waals surface area contributed by atoms with Crippen molar-refractivity contribution in [2.24, 2.45) is 0 Å². The minimum absolute atomic E-state index is 0.114. The first-order chi connectivity index (χ1) is 15.2. The van der Waals surface area contributed by atoms with Crippen molar-refractivity contribution in [2.45, 2.75) is 0 Å². The van der Waals surface area contributed by atoms with Crippen molar-refractivity contribution in [1.82, 2.24) is 10.2 Å². The molecule has 1 saturated heterocycles. The van der Waals surface area contributed by atoms with Crippen LogP contribution in [0.2, 0.25) is 0 Å². The fourth-order valence-corrected chi connectivity index (χ4v) is 3.83. The molecule has 2 heterocycles. The molecule has 0 unspecified atom stereocenters. The van der Waals surface area contributed by atoms with Crippen LogP contribution in [-0.4, -0.2) is 70.4 Å². The van der Waals surface area contributed by atoms with E-state index in [1.807, 2.05) is 18.2 Å². The van der Waals surface area contributed by atoms with Crippen molar-refractivity contribution in [3.05, 3.63) is 54.1 Å². The predicted octanol–water partition coefficient (Wildman–Crippen LogP) is 2.42. The molecule has 1 fully saturated rings. The van der Waals surface area contributed by atoms with Gasteiger partial charge in [0, 0.05) is 51.0 Å². The maximum absolute atomic E-state index is 12.2. The number of methoxy groups -OCH3 is 1. The van der Waals surface area contributed by atoms with Gasteiger partial charge in [-0.15, -0.1) is 0 Å². The van der Waals surface area contributed by atoms with Gasteiger partial charge >= 0.3 is 0 Å². The summed E-state index contributed by atoms with van der Waals surface area (Å²) in [7, 11) is 1.59. The largest absolute Gasteiger partial charge is 0.493 e. The van der Waals surface area contributed by atoms with Crippen LogP contribution in [0.25, 0.3) is 6.08 Å². The fourth-order valence-electron chi connectivity index (χ4n) is 3.83. The zero-order valence-electron chi connectivity index (χ0n) is 17.9. The van der Waals surface area contributed by atoms with Gasteiger partial charge in [-0.1, -0.05) is 18.2 Å². The summed E-state index contributed by atoms with van der Waals surface area (Å²) >= 11 is 0. The van der Waals surface area contributed by atoms with Crippen LogP contribution in [0.5, 0.6) is 17.2 Å². The average molecular weight is 424 g/mol. The number of amides is 1. The van der Waals surface area contributed by atoms with Crippen molar-refractivity contribution < 1.29 is 19.0 Å². The standard InChI is InChI=1S/C24H29N3O4/c1-29-21-17-19(18-22-24(21)31-16-15-30-22)7-8-23(28)25-9-10-26-11-13-27(14-12-26)20-5-3-2-4-6-20/h2-8,17-18H,9-16H2,1H3,(H,25,28)/b8-7+. The molecule has 1 amide bonds. The maximum atomic E-state index is 12.2. The van der Waals surface area contributed by atoms with Crippen molar-refractivity contribution in [2.75, 3.05) is 64.5 Å². The number of ether oxygens (including phenoxy) is 3. The van der Waals surface area contributed by atoms with Crippen LogP contribution in [0.1, 0.15) is 5.56 Å². The summed E-state index contributed by atoms with van der Waals surface area (Å²) in [5, 5.41) is 2.97. The minimum atomic E-state index is -0.114. The molecule has 7 heteroatoms. The van der Waals surface area contributed by atoms with Crippen LogP contribution in [0.15, 0.2) is 48.5 Å². The van der Waals surface area contributed by atoms with Crippen LogP contribution < -0.4 is 24.4 Å². The van der Waals surface area contributed by atoms with E-state index in [9.17, 15) is 4.79 Å². The molecule has 2 aromatic rings. The van der Waals surface area contributed by atoms with Gasteiger partial charge in [0.1, 0.15) is 13.2 Å². The Morgan fingerprint density at radius 1 is 1.10 bits per heavy atom. The van der Waals surface area contributed by atoms with Crippen LogP contribution in [0.3, 0.4) is 0 Å². The normalized spacial score (nSPS) is 16.4. The molecule has 0 radical (unpaired) electrons. The van der Waals surface area contributed by atoms with E-state index >= 15 is 0 Å². The fraction of sp³-hybridized carbons (Fsp3) is 0.375. The van der Waals surface area contributed by atoms with Gasteiger partial charge in [0.2, 0.25) is 11.7 Å². The molecule has 4 rings (SSSR count). The highest BCUT2D eigenvalue weighted by molar-refractivity contribution is 5.91. The van der Waals surface area contributed by atoms with Crippen molar-refractivity contribution in [3.63, 3.8) is 0 Å². The van der Waals surface area contributed by atoms with Crippen LogP contribution in [0, 0.1) is 0 Å². The number of anilines is 1. The van der Waals surface area contributed by atoms with E-state index in [0.29, 0.717) is 37.0 Å². The Hall–Kier alpha value is -3.19. The van der Waals surface area contributed by atoms with Crippen molar-refractivity contribution in [1.29, 1.82) is 0 Å². The number of rotatable bonds is 7. The minimum Gasteiger partial charge on any atom is -0.493 e. The van der Waals surface area contributed by atoms with E-state index in [2.05, 4.69) is 39.4 Å². The first kappa shape index (κ1) is 21.1. The zero-order valence-corrected chi connectivity index (χ0v) is 17.9. The van der Waals surface area contributed by atoms with Gasteiger partial charge in [0.25, 0.3) is 0 Å². The highest BCUT2D eigenvalue weighted by Crippen LogP contribution is 2.40. The maximum Gasteiger partial charge on any atom is 0.244 e. The van der Waals surface area contributed by atoms with E-state index in [1.54, 1.807) is 13.2 Å². The number of benzene rings is 2. The molecule has 164 valence electrons. The molecular weight excluding hydrogens is 394 g/mol. The Morgan fingerprint density at radius 3 is 2.65 bits per heavy atom. The molecule has 0 bridgehead atoms. The molecule has 7 nitrogen and oxygen atoms in total. The lowest BCUT2D eigenvalue weighted by Crippen LogP contribution is -2.48. The number of hydrogen-bond donors (Lipinski definition) is 1. The molecule has 0 spiro atoms. The molecule has 0 saturated carbocycles. The van der Waals surface area contributed by atoms with Crippen LogP contribution in [0.4, 0.5) is 5.69 Å². The molecule has 2 aliphatic rings. The summed E-state index contributed by atoms with van der Waals surface area (Å²) < 4.78 is 16.6. The summed E-state index contributed by atoms with van der Waals surface area (Å²) in [4.78, 5) is 17.0. The molecule has 1 N–H and O–H groups in total. The van der Waals surface area contributed by atoms with E-state index < -0.39 is 0 Å². The molecule has 0 aromatic heterocycles. The molecule has 0 aliphatic carbocycles. The highest BCUT2D eigenvalue weighted by atomic mass is 16.6. The van der Waals surface area contributed by atoms with Gasteiger partial charge in [-0.2, -0.15) is 0 Å². The van der Waals surface area contributed by atoms with Gasteiger partial charge in [-0.3, -0.25) is 9.69 Å². The quantitative estimate of drug-likeness (QED) is 0.690. The summed E-state index contributed by atoms with van der Waals surface area (Å²) in [6.07, 6.45) is 3.30. The third kappa shape index (κ3) is 5.49. The number of fused-ring (bicyclic) bond motifs is 1. The summed E-state index contributed by atoms with van der Waals surface area (Å²) in [6.45, 7) is 6.48. The molecule has 31 heavy (non-hydrogen) atoms. The second-order valence-corrected chi connectivity index (χ2v) is 7.54. The highest BCUT2D eigenvalue weighted by Gasteiger charge is 2.18. The summed E-state index contributed by atoms with van der Waals surface area (Å²) in [6, 6.07) is 14.2. The third-order valence-electron chi connectivity index (χ3n) is 5.50. The Kier molecular flexibility index (Phi) is 6.94. The van der Waals surface area contributed by atoms with E-state index in [1.165, 1.54) is 11.8 Å². The Labute approximate surface area is 183 Å². The SMILES string of the molecule is COc1cc(/C=C/C(=O)NCCN2CCN(c3ccccc3)CC2)cc2c1OCCO2. The second-order valence-electron chi connectivity index (χ2n) is 7.54. The van der Waals surface area contributed by atoms with Crippen LogP contribution in [-0.2, 0) is 4.79 Å². The lowest BCUT2D eigenvalue weighted by Gasteiger charge is -2.36. The zero-order chi connectivity index (χ0) is 21.5. The second kappa shape index (κ2) is 10.2. The van der Waals surface area contributed by atoms with Gasteiger partial charge < -0.3 is 24.4 Å². The van der Waals surface area contributed by atoms with E-state index in [4.69, 9.17) is 14.2 Å². The number of nitrogens with one attached hydrogen (secondary N) is 1. The number of nitrogens with zero attached hydrogens (tertiary/aromatic N) is 2. The first-order valence-electron chi connectivity index (χ1n) is 10.7. The number of piperazine rings is 1. The van der Waals surface area contributed by atoms with Crippen LogP contribution >= 0.6 is 0 Å². The van der Waals surface area contributed by atoms with Gasteiger partial charge in [-0.25, -0.2) is 0 Å². The summed E-state index contributed by atoms with van der Waals surface area (Å²) in [5.41, 5.74) is 2.10. The molecular formula is C24H29N3O4. The Balaban J connectivity index is 1.22. The van der Waals surface area contributed by atoms with Crippen molar-refractivity contribution >= 4 is 17.7 Å². The molecule has 2 aromatic carbocycles. The summed E-state index contributed by atoms with van der Waals surface area (Å²) in [5.74, 6) is 1.74. The molecule has 0 atom stereocenters. The number of para-hydroxylation sites is 1. The predicted molar refractivity (Wildman–Crippen MR) is 121 cm³/mol. The first-order valence-corrected chi connectivity index (χ1v) is 10.7. The number of hydrogen-bond acceptors (Lipinski definition) is 6. The van der Waals surface area contributed by atoms with E-state index in [-0.39, 0.29) is 5.91 Å². The lowest BCUT2D eigenvalue weighted by molar-refractivity contribution is -0.116. The topological polar surface area (TPSA) is 63.3 Å². The van der Waals surface area contributed by atoms with Gasteiger partial charge in [0.15, 0.2) is 11.5 Å². The molecule has 2 aliphatic heterocycles. The average Bonchev–Trinajstić information content (AvgIpc) is 2.83. The third-order valence-corrected chi connectivity index (χ3v) is 5.50. The van der Waals surface area contributed by atoms with Gasteiger partial charge in [-0.05, 0) is 35.9 Å². The smallest absolute Gasteiger partial charge is 0.244 e. The number of carbonyl (C=O) groups excluding carboxylic acids is 1. The van der Waals surface area contributed by atoms with E-state index in [0.717, 1.165) is 38.3 Å². The Bertz CT molecular complexity index is 891. The van der Waals surface area contributed by atoms with Crippen molar-refractivity contribution in [3.8, 4) is 17.2 Å². The number of carbonyl (C=O) groups is 1. The monoisotopic (exact) mass is 423 g/mol. The Morgan fingerprint density at radius 2 is 1.87 bits per heavy atom. The lowest BCUT2D eigenvalue weighted by atomic mass is 10.1.